The molecule has 0 aromatic heterocycles. The SMILES string of the molecule is COCC(C)OC(CBr)c1ccccc1Br. The summed E-state index contributed by atoms with van der Waals surface area (Å²) in [6, 6.07) is 8.10. The van der Waals surface area contributed by atoms with Crippen molar-refractivity contribution in [1.29, 1.82) is 0 Å². The maximum atomic E-state index is 5.91. The van der Waals surface area contributed by atoms with E-state index in [1.54, 1.807) is 7.11 Å². The molecular formula is C12H16Br2O2. The molecule has 1 aromatic carbocycles. The monoisotopic (exact) mass is 350 g/mol. The van der Waals surface area contributed by atoms with E-state index in [1.807, 2.05) is 25.1 Å². The summed E-state index contributed by atoms with van der Waals surface area (Å²) in [5, 5.41) is 0.768. The fraction of sp³-hybridized carbons (Fsp3) is 0.500. The average molecular weight is 352 g/mol. The Labute approximate surface area is 114 Å². The predicted octanol–water partition coefficient (Wildman–Crippen LogP) is 3.94. The lowest BCUT2D eigenvalue weighted by atomic mass is 10.1. The molecule has 0 fully saturated rings. The van der Waals surface area contributed by atoms with Crippen LogP contribution in [0.5, 0.6) is 0 Å². The molecule has 2 atom stereocenters. The van der Waals surface area contributed by atoms with Gasteiger partial charge in [-0.3, -0.25) is 0 Å². The van der Waals surface area contributed by atoms with Crippen LogP contribution in [-0.2, 0) is 9.47 Å². The van der Waals surface area contributed by atoms with E-state index in [1.165, 1.54) is 0 Å². The average Bonchev–Trinajstić information content (AvgIpc) is 2.27. The van der Waals surface area contributed by atoms with Crippen LogP contribution in [0.2, 0.25) is 0 Å². The van der Waals surface area contributed by atoms with Gasteiger partial charge < -0.3 is 9.47 Å². The third kappa shape index (κ3) is 4.17. The van der Waals surface area contributed by atoms with E-state index < -0.39 is 0 Å². The number of halogens is 2. The Morgan fingerprint density at radius 3 is 2.56 bits per heavy atom. The van der Waals surface area contributed by atoms with Crippen molar-refractivity contribution in [2.75, 3.05) is 19.0 Å². The van der Waals surface area contributed by atoms with Crippen molar-refractivity contribution in [3.05, 3.63) is 34.3 Å². The number of hydrogen-bond donors (Lipinski definition) is 0. The summed E-state index contributed by atoms with van der Waals surface area (Å²) in [5.41, 5.74) is 1.15. The van der Waals surface area contributed by atoms with Crippen LogP contribution in [0.4, 0.5) is 0 Å². The van der Waals surface area contributed by atoms with Gasteiger partial charge in [-0.15, -0.1) is 0 Å². The molecule has 0 bridgehead atoms. The van der Waals surface area contributed by atoms with Gasteiger partial charge in [0.2, 0.25) is 0 Å². The second-order valence-corrected chi connectivity index (χ2v) is 5.07. The van der Waals surface area contributed by atoms with E-state index in [-0.39, 0.29) is 12.2 Å². The quantitative estimate of drug-likeness (QED) is 0.723. The highest BCUT2D eigenvalue weighted by molar-refractivity contribution is 9.10. The van der Waals surface area contributed by atoms with Gasteiger partial charge in [-0.05, 0) is 18.6 Å². The van der Waals surface area contributed by atoms with E-state index >= 15 is 0 Å². The lowest BCUT2D eigenvalue weighted by molar-refractivity contribution is -0.0300. The second-order valence-electron chi connectivity index (χ2n) is 3.57. The van der Waals surface area contributed by atoms with Gasteiger partial charge in [-0.2, -0.15) is 0 Å². The topological polar surface area (TPSA) is 18.5 Å². The highest BCUT2D eigenvalue weighted by atomic mass is 79.9. The first-order chi connectivity index (χ1) is 7.69. The highest BCUT2D eigenvalue weighted by Crippen LogP contribution is 2.28. The van der Waals surface area contributed by atoms with Crippen molar-refractivity contribution < 1.29 is 9.47 Å². The van der Waals surface area contributed by atoms with Gasteiger partial charge in [0.25, 0.3) is 0 Å². The van der Waals surface area contributed by atoms with Gasteiger partial charge >= 0.3 is 0 Å². The third-order valence-corrected chi connectivity index (χ3v) is 3.50. The fourth-order valence-corrected chi connectivity index (χ4v) is 2.52. The molecule has 0 aliphatic heterocycles. The van der Waals surface area contributed by atoms with Gasteiger partial charge in [-0.25, -0.2) is 0 Å². The van der Waals surface area contributed by atoms with Gasteiger partial charge in [0.05, 0.1) is 18.8 Å². The minimum absolute atomic E-state index is 0.0423. The van der Waals surface area contributed by atoms with E-state index in [0.29, 0.717) is 6.61 Å². The van der Waals surface area contributed by atoms with Crippen LogP contribution in [0.3, 0.4) is 0 Å². The van der Waals surface area contributed by atoms with Crippen LogP contribution in [0.1, 0.15) is 18.6 Å². The molecule has 0 spiro atoms. The van der Waals surface area contributed by atoms with E-state index in [0.717, 1.165) is 15.4 Å². The molecule has 0 amide bonds. The maximum absolute atomic E-state index is 5.91. The van der Waals surface area contributed by atoms with E-state index in [9.17, 15) is 0 Å². The molecular weight excluding hydrogens is 336 g/mol. The zero-order chi connectivity index (χ0) is 12.0. The molecule has 2 unspecified atom stereocenters. The number of benzene rings is 1. The summed E-state index contributed by atoms with van der Waals surface area (Å²) in [6.45, 7) is 2.62. The highest BCUT2D eigenvalue weighted by Gasteiger charge is 2.16. The first-order valence-electron chi connectivity index (χ1n) is 5.13. The van der Waals surface area contributed by atoms with Crippen molar-refractivity contribution >= 4 is 31.9 Å². The number of methoxy groups -OCH3 is 1. The molecule has 90 valence electrons. The largest absolute Gasteiger partial charge is 0.382 e. The maximum Gasteiger partial charge on any atom is 0.0937 e. The van der Waals surface area contributed by atoms with Crippen molar-refractivity contribution in [3.8, 4) is 0 Å². The van der Waals surface area contributed by atoms with Crippen molar-refractivity contribution in [1.82, 2.24) is 0 Å². The second kappa shape index (κ2) is 7.43. The number of rotatable bonds is 6. The van der Waals surface area contributed by atoms with Crippen LogP contribution in [-0.4, -0.2) is 25.2 Å². The van der Waals surface area contributed by atoms with Crippen molar-refractivity contribution in [3.63, 3.8) is 0 Å². The summed E-state index contributed by atoms with van der Waals surface area (Å²) in [6.07, 6.45) is 0.125. The molecule has 0 saturated carbocycles. The molecule has 0 saturated heterocycles. The lowest BCUT2D eigenvalue weighted by Gasteiger charge is -2.21. The normalized spacial score (nSPS) is 14.8. The number of ether oxygens (including phenoxy) is 2. The molecule has 1 aromatic rings. The first kappa shape index (κ1) is 14.2. The van der Waals surface area contributed by atoms with Crippen LogP contribution < -0.4 is 0 Å². The molecule has 1 rings (SSSR count). The Morgan fingerprint density at radius 2 is 2.00 bits per heavy atom. The summed E-state index contributed by atoms with van der Waals surface area (Å²) < 4.78 is 12.0. The van der Waals surface area contributed by atoms with Crippen molar-refractivity contribution in [2.45, 2.75) is 19.1 Å². The summed E-state index contributed by atoms with van der Waals surface area (Å²) in [4.78, 5) is 0. The molecule has 4 heteroatoms. The zero-order valence-corrected chi connectivity index (χ0v) is 12.6. The Balaban J connectivity index is 2.71. The van der Waals surface area contributed by atoms with Gasteiger partial charge in [0.15, 0.2) is 0 Å². The number of alkyl halides is 1. The first-order valence-corrected chi connectivity index (χ1v) is 7.05. The Kier molecular flexibility index (Phi) is 6.58. The van der Waals surface area contributed by atoms with Crippen LogP contribution in [0, 0.1) is 0 Å². The summed E-state index contributed by atoms with van der Waals surface area (Å²) >= 11 is 7.01. The van der Waals surface area contributed by atoms with Gasteiger partial charge in [-0.1, -0.05) is 50.1 Å². The fourth-order valence-electron chi connectivity index (χ4n) is 1.48. The Morgan fingerprint density at radius 1 is 1.31 bits per heavy atom. The molecule has 0 radical (unpaired) electrons. The minimum Gasteiger partial charge on any atom is -0.382 e. The molecule has 16 heavy (non-hydrogen) atoms. The molecule has 0 aliphatic rings. The Bertz CT molecular complexity index is 318. The van der Waals surface area contributed by atoms with E-state index in [2.05, 4.69) is 37.9 Å². The van der Waals surface area contributed by atoms with Crippen LogP contribution in [0.25, 0.3) is 0 Å². The molecule has 0 aliphatic carbocycles. The Hall–Kier alpha value is 0.1000. The van der Waals surface area contributed by atoms with Gasteiger partial charge in [0.1, 0.15) is 0 Å². The smallest absolute Gasteiger partial charge is 0.0937 e. The molecule has 2 nitrogen and oxygen atoms in total. The van der Waals surface area contributed by atoms with Crippen LogP contribution in [0.15, 0.2) is 28.7 Å². The minimum atomic E-state index is 0.0423. The standard InChI is InChI=1S/C12H16Br2O2/c1-9(8-15-2)16-12(7-13)10-5-3-4-6-11(10)14/h3-6,9,12H,7-8H2,1-2H3. The third-order valence-electron chi connectivity index (χ3n) is 2.19. The predicted molar refractivity (Wildman–Crippen MR) is 73.1 cm³/mol. The summed E-state index contributed by atoms with van der Waals surface area (Å²) in [5.74, 6) is 0. The molecule has 0 heterocycles. The van der Waals surface area contributed by atoms with Crippen LogP contribution >= 0.6 is 31.9 Å². The number of hydrogen-bond acceptors (Lipinski definition) is 2. The lowest BCUT2D eigenvalue weighted by Crippen LogP contribution is -2.19. The van der Waals surface area contributed by atoms with Crippen molar-refractivity contribution in [2.24, 2.45) is 0 Å². The van der Waals surface area contributed by atoms with Gasteiger partial charge in [0, 0.05) is 16.9 Å². The zero-order valence-electron chi connectivity index (χ0n) is 9.45. The summed E-state index contributed by atoms with van der Waals surface area (Å²) in [7, 11) is 1.68. The van der Waals surface area contributed by atoms with E-state index in [4.69, 9.17) is 9.47 Å². The molecule has 0 N–H and O–H groups in total.